The van der Waals surface area contributed by atoms with Crippen LogP contribution in [0.4, 0.5) is 0 Å². The molecule has 154 valence electrons. The van der Waals surface area contributed by atoms with Crippen LogP contribution in [0.1, 0.15) is 60.8 Å². The van der Waals surface area contributed by atoms with Crippen LogP contribution in [0.2, 0.25) is 0 Å². The lowest BCUT2D eigenvalue weighted by molar-refractivity contribution is -0.128. The summed E-state index contributed by atoms with van der Waals surface area (Å²) in [5.41, 5.74) is 2.94. The van der Waals surface area contributed by atoms with Gasteiger partial charge < -0.3 is 14.5 Å². The zero-order valence-corrected chi connectivity index (χ0v) is 17.1. The topological polar surface area (TPSA) is 78.5 Å². The van der Waals surface area contributed by atoms with Gasteiger partial charge in [0, 0.05) is 63.0 Å². The Hall–Kier alpha value is -1.89. The highest BCUT2D eigenvalue weighted by molar-refractivity contribution is 5.94. The van der Waals surface area contributed by atoms with Crippen molar-refractivity contribution >= 4 is 11.8 Å². The van der Waals surface area contributed by atoms with Crippen molar-refractivity contribution in [1.82, 2.24) is 20.0 Å². The second kappa shape index (κ2) is 7.85. The molecule has 0 saturated carbocycles. The maximum atomic E-state index is 13.1. The van der Waals surface area contributed by atoms with Crippen molar-refractivity contribution in [2.45, 2.75) is 51.9 Å². The molecular weight excluding hydrogens is 356 g/mol. The van der Waals surface area contributed by atoms with Crippen LogP contribution in [0.5, 0.6) is 0 Å². The molecule has 1 atom stereocenters. The number of hydrogen-bond acceptors (Lipinski definition) is 4. The van der Waals surface area contributed by atoms with Crippen molar-refractivity contribution in [2.75, 3.05) is 39.9 Å². The van der Waals surface area contributed by atoms with Crippen molar-refractivity contribution in [1.29, 1.82) is 0 Å². The van der Waals surface area contributed by atoms with E-state index in [9.17, 15) is 9.59 Å². The molecule has 1 aromatic heterocycles. The molecule has 7 heteroatoms. The maximum absolute atomic E-state index is 13.1. The standard InChI is InChI=1S/C21H32N4O3/c1-15-4-5-17-16(12-15)19(23-22-17)20(27)24-9-6-21(7-10-24)13-18(26)25(14-21)8-3-11-28-2/h15H,3-14H2,1-2H3,(H,22,23)/t15-/m1/s1. The van der Waals surface area contributed by atoms with Crippen molar-refractivity contribution in [3.63, 3.8) is 0 Å². The van der Waals surface area contributed by atoms with E-state index in [0.29, 0.717) is 24.6 Å². The number of aryl methyl sites for hydroxylation is 1. The highest BCUT2D eigenvalue weighted by atomic mass is 16.5. The molecule has 1 N–H and O–H groups in total. The number of hydrogen-bond donors (Lipinski definition) is 1. The highest BCUT2D eigenvalue weighted by Crippen LogP contribution is 2.41. The van der Waals surface area contributed by atoms with Crippen LogP contribution < -0.4 is 0 Å². The first-order chi connectivity index (χ1) is 13.5. The van der Waals surface area contributed by atoms with E-state index in [1.807, 2.05) is 9.80 Å². The smallest absolute Gasteiger partial charge is 0.274 e. The molecule has 0 aromatic carbocycles. The van der Waals surface area contributed by atoms with Gasteiger partial charge in [-0.15, -0.1) is 0 Å². The van der Waals surface area contributed by atoms with E-state index >= 15 is 0 Å². The number of nitrogens with zero attached hydrogens (tertiary/aromatic N) is 3. The van der Waals surface area contributed by atoms with Crippen molar-refractivity contribution in [2.24, 2.45) is 11.3 Å². The van der Waals surface area contributed by atoms with Gasteiger partial charge in [0.25, 0.3) is 5.91 Å². The molecule has 28 heavy (non-hydrogen) atoms. The second-order valence-electron chi connectivity index (χ2n) is 9.01. The maximum Gasteiger partial charge on any atom is 0.274 e. The summed E-state index contributed by atoms with van der Waals surface area (Å²) in [5, 5.41) is 7.46. The Morgan fingerprint density at radius 3 is 2.89 bits per heavy atom. The summed E-state index contributed by atoms with van der Waals surface area (Å²) >= 11 is 0. The van der Waals surface area contributed by atoms with Gasteiger partial charge in [0.15, 0.2) is 5.69 Å². The van der Waals surface area contributed by atoms with Gasteiger partial charge in [-0.3, -0.25) is 14.7 Å². The average Bonchev–Trinajstić information content (AvgIpc) is 3.23. The van der Waals surface area contributed by atoms with Gasteiger partial charge in [0.05, 0.1) is 0 Å². The quantitative estimate of drug-likeness (QED) is 0.783. The van der Waals surface area contributed by atoms with E-state index < -0.39 is 0 Å². The van der Waals surface area contributed by atoms with Gasteiger partial charge in [0.1, 0.15) is 0 Å². The number of carbonyl (C=O) groups excluding carboxylic acids is 2. The van der Waals surface area contributed by atoms with Gasteiger partial charge in [-0.25, -0.2) is 0 Å². The number of methoxy groups -OCH3 is 1. The van der Waals surface area contributed by atoms with Crippen molar-refractivity contribution < 1.29 is 14.3 Å². The van der Waals surface area contributed by atoms with Crippen LogP contribution in [0.3, 0.4) is 0 Å². The third kappa shape index (κ3) is 3.69. The number of ether oxygens (including phenoxy) is 1. The fourth-order valence-corrected chi connectivity index (χ4v) is 5.10. The molecule has 7 nitrogen and oxygen atoms in total. The van der Waals surface area contributed by atoms with Crippen LogP contribution in [-0.4, -0.2) is 71.7 Å². The minimum atomic E-state index is 0.0421. The van der Waals surface area contributed by atoms with Crippen LogP contribution >= 0.6 is 0 Å². The number of piperidine rings is 1. The van der Waals surface area contributed by atoms with Crippen LogP contribution in [-0.2, 0) is 22.4 Å². The number of H-pyrrole nitrogens is 1. The van der Waals surface area contributed by atoms with Gasteiger partial charge in [-0.1, -0.05) is 6.92 Å². The van der Waals surface area contributed by atoms with Crippen LogP contribution in [0.15, 0.2) is 0 Å². The fraction of sp³-hybridized carbons (Fsp3) is 0.762. The third-order valence-corrected chi connectivity index (χ3v) is 6.89. The number of fused-ring (bicyclic) bond motifs is 1. The second-order valence-corrected chi connectivity index (χ2v) is 9.01. The minimum absolute atomic E-state index is 0.0421. The summed E-state index contributed by atoms with van der Waals surface area (Å²) in [6.07, 6.45) is 6.38. The van der Waals surface area contributed by atoms with Gasteiger partial charge >= 0.3 is 0 Å². The molecule has 2 amide bonds. The van der Waals surface area contributed by atoms with E-state index in [-0.39, 0.29) is 17.2 Å². The summed E-state index contributed by atoms with van der Waals surface area (Å²) in [4.78, 5) is 29.5. The number of carbonyl (C=O) groups is 2. The van der Waals surface area contributed by atoms with Crippen LogP contribution in [0, 0.1) is 11.3 Å². The molecule has 0 unspecified atom stereocenters. The Balaban J connectivity index is 1.36. The number of nitrogens with one attached hydrogen (secondary N) is 1. The molecule has 2 aliphatic heterocycles. The van der Waals surface area contributed by atoms with E-state index in [4.69, 9.17) is 4.74 Å². The van der Waals surface area contributed by atoms with Crippen molar-refractivity contribution in [3.8, 4) is 0 Å². The Kier molecular flexibility index (Phi) is 5.45. The molecular formula is C21H32N4O3. The largest absolute Gasteiger partial charge is 0.385 e. The molecule has 1 spiro atoms. The molecule has 0 bridgehead atoms. The normalized spacial score (nSPS) is 24.1. The summed E-state index contributed by atoms with van der Waals surface area (Å²) in [7, 11) is 1.69. The number of likely N-dealkylation sites (tertiary alicyclic amines) is 2. The first-order valence-corrected chi connectivity index (χ1v) is 10.6. The lowest BCUT2D eigenvalue weighted by atomic mass is 9.77. The summed E-state index contributed by atoms with van der Waals surface area (Å²) in [6.45, 7) is 5.96. The predicted molar refractivity (Wildman–Crippen MR) is 105 cm³/mol. The third-order valence-electron chi connectivity index (χ3n) is 6.89. The molecule has 0 radical (unpaired) electrons. The van der Waals surface area contributed by atoms with E-state index in [1.165, 1.54) is 0 Å². The summed E-state index contributed by atoms with van der Waals surface area (Å²) in [6, 6.07) is 0. The zero-order chi connectivity index (χ0) is 19.7. The van der Waals surface area contributed by atoms with E-state index in [0.717, 1.165) is 76.0 Å². The summed E-state index contributed by atoms with van der Waals surface area (Å²) in [5.74, 6) is 0.920. The van der Waals surface area contributed by atoms with E-state index in [1.54, 1.807) is 7.11 Å². The SMILES string of the molecule is COCCCN1CC2(CCN(C(=O)c3n[nH]c4c3C[C@H](C)CC4)CC2)CC1=O. The van der Waals surface area contributed by atoms with Gasteiger partial charge in [-0.05, 0) is 44.4 Å². The first-order valence-electron chi connectivity index (χ1n) is 10.6. The predicted octanol–water partition coefficient (Wildman–Crippen LogP) is 2.03. The zero-order valence-electron chi connectivity index (χ0n) is 17.1. The minimum Gasteiger partial charge on any atom is -0.385 e. The lowest BCUT2D eigenvalue weighted by Crippen LogP contribution is -2.44. The van der Waals surface area contributed by atoms with Crippen LogP contribution in [0.25, 0.3) is 0 Å². The Morgan fingerprint density at radius 1 is 1.36 bits per heavy atom. The molecule has 1 aromatic rings. The molecule has 2 saturated heterocycles. The average molecular weight is 389 g/mol. The number of aromatic amines is 1. The highest BCUT2D eigenvalue weighted by Gasteiger charge is 2.45. The monoisotopic (exact) mass is 388 g/mol. The molecule has 3 heterocycles. The summed E-state index contributed by atoms with van der Waals surface area (Å²) < 4.78 is 5.11. The van der Waals surface area contributed by atoms with Gasteiger partial charge in [0.2, 0.25) is 5.91 Å². The number of rotatable bonds is 5. The van der Waals surface area contributed by atoms with Crippen molar-refractivity contribution in [3.05, 3.63) is 17.0 Å². The number of aromatic nitrogens is 2. The first kappa shape index (κ1) is 19.4. The van der Waals surface area contributed by atoms with Gasteiger partial charge in [-0.2, -0.15) is 5.10 Å². The fourth-order valence-electron chi connectivity index (χ4n) is 5.10. The van der Waals surface area contributed by atoms with E-state index in [2.05, 4.69) is 17.1 Å². The Labute approximate surface area is 166 Å². The lowest BCUT2D eigenvalue weighted by Gasteiger charge is -2.38. The Morgan fingerprint density at radius 2 is 2.14 bits per heavy atom. The molecule has 4 rings (SSSR count). The molecule has 1 aliphatic carbocycles. The molecule has 2 fully saturated rings. The Bertz CT molecular complexity index is 736. The number of amides is 2. The molecule has 3 aliphatic rings.